The molecular formula is C93H94N4. The van der Waals surface area contributed by atoms with Crippen LogP contribution in [0.15, 0.2) is 152 Å². The van der Waals surface area contributed by atoms with E-state index in [4.69, 9.17) is 4.98 Å². The molecule has 4 heterocycles. The van der Waals surface area contributed by atoms with E-state index in [-0.39, 0.29) is 0 Å². The summed E-state index contributed by atoms with van der Waals surface area (Å²) in [6.45, 7) is 41.3. The number of hydrogen-bond acceptors (Lipinski definition) is 4. The summed E-state index contributed by atoms with van der Waals surface area (Å²) < 4.78 is 0. The van der Waals surface area contributed by atoms with Crippen LogP contribution in [-0.4, -0.2) is 19.9 Å². The maximum atomic E-state index is 4.70. The molecule has 6 aliphatic carbocycles. The first-order valence-electron chi connectivity index (χ1n) is 35.0. The van der Waals surface area contributed by atoms with Crippen LogP contribution in [0.4, 0.5) is 0 Å². The summed E-state index contributed by atoms with van der Waals surface area (Å²) in [6, 6.07) is 55.6. The standard InChI is InChI=1S/3C16H16.2C15H16N2.C15H14/c1-10-7-8-14-9-13-6-4-5-11(2)15(13)16(14)12(10)3;1-10-8-14-9-13-6-4-5-7-15(13)16(14)12(3)11(10)2;1-10-8-11(2)15-9-13-6-4-5-7-14(13)16(15)12(10)3;1-8-6-12-13(17-11(8)4)7-14-15(12)9(2)5-10(3)16-14;1-8-5-12-13-6-9(2)11(4)17-15(13)7-14(12)16-10(8)3;1-10-7-8-13-9-12-5-3-4-6-14(12)15(13)11(10)2/h3*4-8H,9H2,1-3H3;2*5-6H,7H2,1-4H3;3-8H,9H2,1-2H3. The van der Waals surface area contributed by atoms with Crippen LogP contribution in [0.2, 0.25) is 0 Å². The molecule has 0 N–H and O–H groups in total. The van der Waals surface area contributed by atoms with E-state index in [0.29, 0.717) is 0 Å². The first-order chi connectivity index (χ1) is 46.4. The summed E-state index contributed by atoms with van der Waals surface area (Å²) in [7, 11) is 0. The second-order valence-corrected chi connectivity index (χ2v) is 28.7. The summed E-state index contributed by atoms with van der Waals surface area (Å²) in [5.41, 5.74) is 58.9. The summed E-state index contributed by atoms with van der Waals surface area (Å²) in [6.07, 6.45) is 6.19. The Morgan fingerprint density at radius 3 is 1.21 bits per heavy atom. The fourth-order valence-electron chi connectivity index (χ4n) is 16.0. The molecule has 0 aliphatic heterocycles. The molecule has 4 aromatic heterocycles. The van der Waals surface area contributed by atoms with Crippen molar-refractivity contribution in [2.75, 3.05) is 0 Å². The van der Waals surface area contributed by atoms with Crippen molar-refractivity contribution in [2.24, 2.45) is 0 Å². The average molecular weight is 1270 g/mol. The van der Waals surface area contributed by atoms with Crippen LogP contribution in [0.3, 0.4) is 0 Å². The Morgan fingerprint density at radius 2 is 0.629 bits per heavy atom. The van der Waals surface area contributed by atoms with Gasteiger partial charge in [0.05, 0.1) is 22.8 Å². The molecule has 0 fully saturated rings. The summed E-state index contributed by atoms with van der Waals surface area (Å²) in [5, 5.41) is 0. The third-order valence-corrected chi connectivity index (χ3v) is 22.3. The average Bonchev–Trinajstić information content (AvgIpc) is 1.67. The highest BCUT2D eigenvalue weighted by molar-refractivity contribution is 5.85. The van der Waals surface area contributed by atoms with E-state index < -0.39 is 0 Å². The van der Waals surface area contributed by atoms with Gasteiger partial charge in [-0.2, -0.15) is 0 Å². The van der Waals surface area contributed by atoms with Crippen molar-refractivity contribution < 1.29 is 0 Å². The molecule has 0 bridgehead atoms. The van der Waals surface area contributed by atoms with E-state index in [9.17, 15) is 0 Å². The highest BCUT2D eigenvalue weighted by atomic mass is 14.8. The molecule has 6 aliphatic rings. The zero-order valence-corrected chi connectivity index (χ0v) is 61.0. The highest BCUT2D eigenvalue weighted by Crippen LogP contribution is 2.46. The number of aryl methyl sites for hydroxylation is 14. The van der Waals surface area contributed by atoms with Gasteiger partial charge < -0.3 is 0 Å². The Balaban J connectivity index is 0.000000105. The molecule has 4 heteroatoms. The lowest BCUT2D eigenvalue weighted by Crippen LogP contribution is -1.94. The molecule has 0 atom stereocenters. The smallest absolute Gasteiger partial charge is 0.0548 e. The van der Waals surface area contributed by atoms with Gasteiger partial charge in [-0.1, -0.05) is 127 Å². The number of nitrogens with zero attached hydrogens (tertiary/aromatic N) is 4. The molecule has 0 saturated heterocycles. The molecule has 4 nitrogen and oxygen atoms in total. The fraction of sp³-hybridized carbons (Fsp3) is 0.269. The highest BCUT2D eigenvalue weighted by Gasteiger charge is 2.28. The minimum Gasteiger partial charge on any atom is -0.257 e. The number of aromatic nitrogens is 4. The van der Waals surface area contributed by atoms with Crippen molar-refractivity contribution in [1.82, 2.24) is 19.9 Å². The molecule has 0 radical (unpaired) electrons. The van der Waals surface area contributed by atoms with Crippen LogP contribution < -0.4 is 0 Å². The zero-order chi connectivity index (χ0) is 68.6. The van der Waals surface area contributed by atoms with Gasteiger partial charge in [-0.15, -0.1) is 0 Å². The van der Waals surface area contributed by atoms with Crippen molar-refractivity contribution in [2.45, 2.75) is 170 Å². The molecule has 0 unspecified atom stereocenters. The molecule has 97 heavy (non-hydrogen) atoms. The Bertz CT molecular complexity index is 5150. The molecule has 0 spiro atoms. The lowest BCUT2D eigenvalue weighted by molar-refractivity contribution is 1.00. The lowest BCUT2D eigenvalue weighted by Gasteiger charge is -2.11. The van der Waals surface area contributed by atoms with E-state index in [2.05, 4.69) is 298 Å². The largest absolute Gasteiger partial charge is 0.257 e. The number of pyridine rings is 4. The molecule has 8 aromatic carbocycles. The van der Waals surface area contributed by atoms with Crippen molar-refractivity contribution >= 4 is 0 Å². The zero-order valence-electron chi connectivity index (χ0n) is 61.0. The summed E-state index contributed by atoms with van der Waals surface area (Å²) in [4.78, 5) is 18.7. The van der Waals surface area contributed by atoms with Crippen LogP contribution >= 0.6 is 0 Å². The summed E-state index contributed by atoms with van der Waals surface area (Å²) in [5.74, 6) is 0. The normalized spacial score (nSPS) is 12.4. The number of benzene rings is 8. The Hall–Kier alpha value is -9.64. The third kappa shape index (κ3) is 12.3. The predicted octanol–water partition coefficient (Wildman–Crippen LogP) is 23.0. The number of rotatable bonds is 0. The van der Waals surface area contributed by atoms with Gasteiger partial charge in [0.2, 0.25) is 0 Å². The Morgan fingerprint density at radius 1 is 0.206 bits per heavy atom. The van der Waals surface area contributed by atoms with Crippen LogP contribution in [0.5, 0.6) is 0 Å². The van der Waals surface area contributed by atoms with Gasteiger partial charge in [-0.05, 0) is 354 Å². The first kappa shape index (κ1) is 66.0. The van der Waals surface area contributed by atoms with Gasteiger partial charge in [0.15, 0.2) is 0 Å². The van der Waals surface area contributed by atoms with Crippen molar-refractivity contribution in [3.63, 3.8) is 0 Å². The lowest BCUT2D eigenvalue weighted by atomic mass is 9.93. The topological polar surface area (TPSA) is 51.6 Å². The van der Waals surface area contributed by atoms with E-state index in [1.54, 1.807) is 0 Å². The van der Waals surface area contributed by atoms with E-state index in [0.717, 1.165) is 61.3 Å². The van der Waals surface area contributed by atoms with Gasteiger partial charge in [-0.3, -0.25) is 19.9 Å². The van der Waals surface area contributed by atoms with Crippen molar-refractivity contribution in [1.29, 1.82) is 0 Å². The monoisotopic (exact) mass is 1270 g/mol. The second kappa shape index (κ2) is 26.4. The first-order valence-corrected chi connectivity index (χ1v) is 35.0. The van der Waals surface area contributed by atoms with Gasteiger partial charge in [0.1, 0.15) is 0 Å². The maximum absolute atomic E-state index is 4.70. The van der Waals surface area contributed by atoms with Gasteiger partial charge in [-0.25, -0.2) is 0 Å². The van der Waals surface area contributed by atoms with E-state index >= 15 is 0 Å². The van der Waals surface area contributed by atoms with E-state index in [1.165, 1.54) is 217 Å². The number of fused-ring (bicyclic) bond motifs is 18. The van der Waals surface area contributed by atoms with Crippen molar-refractivity contribution in [3.05, 3.63) is 325 Å². The molecular weight excluding hydrogens is 1170 g/mol. The van der Waals surface area contributed by atoms with Crippen LogP contribution in [-0.2, 0) is 38.5 Å². The SMILES string of the molecule is Cc1cc(C)c2c(c1C)-c1ccccc1C2.Cc1cc(C)c2c(n1)Cc1nc(C)c(C)cc1-2.Cc1cc2c(c(C)c1C)-c1ccccc1C2.Cc1cc2c(nc1C)Cc1nc(C)c(C)cc1-2.Cc1ccc2c(c1C)-c1c(C)cccc1C2.Cc1ccc2c(c1C)-c1ccccc1C2. The summed E-state index contributed by atoms with van der Waals surface area (Å²) >= 11 is 0. The minimum absolute atomic E-state index is 0.882. The molecule has 486 valence electrons. The predicted molar refractivity (Wildman–Crippen MR) is 409 cm³/mol. The van der Waals surface area contributed by atoms with Crippen LogP contribution in [0.25, 0.3) is 66.8 Å². The molecule has 0 saturated carbocycles. The molecule has 12 aromatic rings. The van der Waals surface area contributed by atoms with Crippen LogP contribution in [0.1, 0.15) is 174 Å². The fourth-order valence-corrected chi connectivity index (χ4v) is 16.0. The molecule has 0 amide bonds. The maximum Gasteiger partial charge on any atom is 0.0548 e. The van der Waals surface area contributed by atoms with Gasteiger partial charge in [0.25, 0.3) is 0 Å². The van der Waals surface area contributed by atoms with Gasteiger partial charge >= 0.3 is 0 Å². The second-order valence-electron chi connectivity index (χ2n) is 28.7. The van der Waals surface area contributed by atoms with Gasteiger partial charge in [0, 0.05) is 57.9 Å². The quantitative estimate of drug-likeness (QED) is 0.152. The third-order valence-electron chi connectivity index (χ3n) is 22.3. The number of hydrogen-bond donors (Lipinski definition) is 0. The Labute approximate surface area is 578 Å². The van der Waals surface area contributed by atoms with E-state index in [1.807, 2.05) is 0 Å². The van der Waals surface area contributed by atoms with Crippen LogP contribution in [0, 0.1) is 132 Å². The molecule has 18 rings (SSSR count). The van der Waals surface area contributed by atoms with Crippen molar-refractivity contribution in [3.8, 4) is 66.8 Å². The minimum atomic E-state index is 0.882. The Kier molecular flexibility index (Phi) is 18.0.